The standard InChI is InChI=1S/C16H19F2N3O2.ClH/c17-11-3-4-14(13(18)7-11)21-9-10(6-15(21)22)16(23)20-5-1-2-12(20)8-19;/h3-4,7,10,12H,1-2,5-6,8-9,19H2;1H. The van der Waals surface area contributed by atoms with E-state index in [4.69, 9.17) is 5.73 Å². The minimum Gasteiger partial charge on any atom is -0.338 e. The van der Waals surface area contributed by atoms with Crippen LogP contribution >= 0.6 is 12.4 Å². The molecular weight excluding hydrogens is 340 g/mol. The van der Waals surface area contributed by atoms with Gasteiger partial charge in [-0.3, -0.25) is 9.59 Å². The highest BCUT2D eigenvalue weighted by Crippen LogP contribution is 2.30. The fourth-order valence-electron chi connectivity index (χ4n) is 3.41. The molecule has 2 heterocycles. The highest BCUT2D eigenvalue weighted by atomic mass is 35.5. The van der Waals surface area contributed by atoms with E-state index in [2.05, 4.69) is 0 Å². The van der Waals surface area contributed by atoms with Crippen LogP contribution in [0.2, 0.25) is 0 Å². The van der Waals surface area contributed by atoms with Gasteiger partial charge in [0.05, 0.1) is 11.6 Å². The zero-order valence-electron chi connectivity index (χ0n) is 13.1. The number of rotatable bonds is 3. The van der Waals surface area contributed by atoms with Crippen molar-refractivity contribution >= 4 is 29.9 Å². The number of likely N-dealkylation sites (tertiary alicyclic amines) is 1. The Morgan fingerprint density at radius 3 is 2.75 bits per heavy atom. The Hall–Kier alpha value is -1.73. The molecule has 0 saturated carbocycles. The fraction of sp³-hybridized carbons (Fsp3) is 0.500. The Balaban J connectivity index is 0.00000208. The van der Waals surface area contributed by atoms with Crippen molar-refractivity contribution in [2.75, 3.05) is 24.5 Å². The van der Waals surface area contributed by atoms with E-state index >= 15 is 0 Å². The molecule has 2 aliphatic rings. The highest BCUT2D eigenvalue weighted by molar-refractivity contribution is 6.00. The number of carbonyl (C=O) groups excluding carboxylic acids is 2. The zero-order chi connectivity index (χ0) is 16.6. The molecule has 0 aromatic heterocycles. The van der Waals surface area contributed by atoms with Crippen LogP contribution in [0.3, 0.4) is 0 Å². The number of hydrogen-bond donors (Lipinski definition) is 1. The van der Waals surface area contributed by atoms with Crippen molar-refractivity contribution in [2.45, 2.75) is 25.3 Å². The van der Waals surface area contributed by atoms with Crippen molar-refractivity contribution in [2.24, 2.45) is 11.7 Å². The first-order valence-corrected chi connectivity index (χ1v) is 7.77. The van der Waals surface area contributed by atoms with Gasteiger partial charge in [0.1, 0.15) is 11.6 Å². The van der Waals surface area contributed by atoms with Crippen LogP contribution < -0.4 is 10.6 Å². The quantitative estimate of drug-likeness (QED) is 0.893. The molecule has 0 bridgehead atoms. The van der Waals surface area contributed by atoms with Crippen LogP contribution in [0.4, 0.5) is 14.5 Å². The Morgan fingerprint density at radius 1 is 1.33 bits per heavy atom. The molecule has 1 aromatic rings. The number of nitrogens with two attached hydrogens (primary N) is 1. The van der Waals surface area contributed by atoms with E-state index in [-0.39, 0.29) is 48.9 Å². The molecule has 2 saturated heterocycles. The summed E-state index contributed by atoms with van der Waals surface area (Å²) in [4.78, 5) is 27.7. The third-order valence-electron chi connectivity index (χ3n) is 4.61. The van der Waals surface area contributed by atoms with Gasteiger partial charge in [0.2, 0.25) is 11.8 Å². The van der Waals surface area contributed by atoms with Crippen molar-refractivity contribution in [3.05, 3.63) is 29.8 Å². The van der Waals surface area contributed by atoms with E-state index in [0.717, 1.165) is 25.0 Å². The first kappa shape index (κ1) is 18.6. The van der Waals surface area contributed by atoms with Gasteiger partial charge in [-0.15, -0.1) is 12.4 Å². The fourth-order valence-corrected chi connectivity index (χ4v) is 3.41. The number of hydrogen-bond acceptors (Lipinski definition) is 3. The predicted octanol–water partition coefficient (Wildman–Crippen LogP) is 1.69. The summed E-state index contributed by atoms with van der Waals surface area (Å²) in [6, 6.07) is 3.09. The summed E-state index contributed by atoms with van der Waals surface area (Å²) in [6.07, 6.45) is 1.83. The lowest BCUT2D eigenvalue weighted by Crippen LogP contribution is -2.43. The van der Waals surface area contributed by atoms with Crippen LogP contribution in [0.15, 0.2) is 18.2 Å². The normalized spacial score (nSPS) is 23.5. The van der Waals surface area contributed by atoms with E-state index in [1.807, 2.05) is 0 Å². The third kappa shape index (κ3) is 3.37. The lowest BCUT2D eigenvalue weighted by atomic mass is 10.1. The molecule has 0 spiro atoms. The summed E-state index contributed by atoms with van der Waals surface area (Å²) in [5, 5.41) is 0. The topological polar surface area (TPSA) is 66.6 Å². The smallest absolute Gasteiger partial charge is 0.228 e. The summed E-state index contributed by atoms with van der Waals surface area (Å²) in [7, 11) is 0. The molecule has 24 heavy (non-hydrogen) atoms. The average Bonchev–Trinajstić information content (AvgIpc) is 3.13. The number of halogens is 3. The van der Waals surface area contributed by atoms with E-state index in [0.29, 0.717) is 13.1 Å². The molecule has 8 heteroatoms. The molecule has 2 atom stereocenters. The summed E-state index contributed by atoms with van der Waals surface area (Å²) >= 11 is 0. The molecule has 1 aromatic carbocycles. The van der Waals surface area contributed by atoms with E-state index in [9.17, 15) is 18.4 Å². The summed E-state index contributed by atoms with van der Waals surface area (Å²) < 4.78 is 26.9. The molecule has 2 unspecified atom stereocenters. The molecule has 0 aliphatic carbocycles. The van der Waals surface area contributed by atoms with Gasteiger partial charge in [0, 0.05) is 38.2 Å². The molecule has 2 fully saturated rings. The zero-order valence-corrected chi connectivity index (χ0v) is 13.9. The van der Waals surface area contributed by atoms with Crippen LogP contribution in [0.25, 0.3) is 0 Å². The molecule has 3 rings (SSSR count). The van der Waals surface area contributed by atoms with Crippen LogP contribution in [-0.2, 0) is 9.59 Å². The molecule has 2 N–H and O–H groups in total. The van der Waals surface area contributed by atoms with Gasteiger partial charge in [0.15, 0.2) is 0 Å². The molecule has 2 aliphatic heterocycles. The maximum absolute atomic E-state index is 13.9. The second kappa shape index (κ2) is 7.44. The van der Waals surface area contributed by atoms with E-state index in [1.54, 1.807) is 4.90 Å². The minimum absolute atomic E-state index is 0. The van der Waals surface area contributed by atoms with Gasteiger partial charge in [-0.25, -0.2) is 8.78 Å². The Bertz CT molecular complexity index is 644. The Morgan fingerprint density at radius 2 is 2.08 bits per heavy atom. The van der Waals surface area contributed by atoms with Gasteiger partial charge in [-0.05, 0) is 25.0 Å². The number of carbonyl (C=O) groups is 2. The first-order valence-electron chi connectivity index (χ1n) is 7.77. The monoisotopic (exact) mass is 359 g/mol. The number of nitrogens with zero attached hydrogens (tertiary/aromatic N) is 2. The van der Waals surface area contributed by atoms with E-state index < -0.39 is 17.6 Å². The van der Waals surface area contributed by atoms with Crippen LogP contribution in [0, 0.1) is 17.6 Å². The van der Waals surface area contributed by atoms with Gasteiger partial charge < -0.3 is 15.5 Å². The van der Waals surface area contributed by atoms with Crippen molar-refractivity contribution < 1.29 is 18.4 Å². The summed E-state index contributed by atoms with van der Waals surface area (Å²) in [5.41, 5.74) is 5.70. The second-order valence-corrected chi connectivity index (χ2v) is 6.06. The Kier molecular flexibility index (Phi) is 5.77. The lowest BCUT2D eigenvalue weighted by molar-refractivity contribution is -0.136. The highest BCUT2D eigenvalue weighted by Gasteiger charge is 2.40. The predicted molar refractivity (Wildman–Crippen MR) is 87.9 cm³/mol. The molecule has 132 valence electrons. The molecule has 0 radical (unpaired) electrons. The first-order chi connectivity index (χ1) is 11.0. The maximum Gasteiger partial charge on any atom is 0.228 e. The van der Waals surface area contributed by atoms with Crippen molar-refractivity contribution in [3.63, 3.8) is 0 Å². The van der Waals surface area contributed by atoms with Gasteiger partial charge in [-0.2, -0.15) is 0 Å². The van der Waals surface area contributed by atoms with Crippen molar-refractivity contribution in [3.8, 4) is 0 Å². The van der Waals surface area contributed by atoms with E-state index in [1.165, 1.54) is 11.0 Å². The largest absolute Gasteiger partial charge is 0.338 e. The van der Waals surface area contributed by atoms with Crippen molar-refractivity contribution in [1.29, 1.82) is 0 Å². The summed E-state index contributed by atoms with van der Waals surface area (Å²) in [6.45, 7) is 1.17. The SMILES string of the molecule is Cl.NCC1CCCN1C(=O)C1CC(=O)N(c2ccc(F)cc2F)C1. The van der Waals surface area contributed by atoms with Gasteiger partial charge in [0.25, 0.3) is 0 Å². The molecule has 2 amide bonds. The van der Waals surface area contributed by atoms with Crippen molar-refractivity contribution in [1.82, 2.24) is 4.90 Å². The molecule has 5 nitrogen and oxygen atoms in total. The Labute approximate surface area is 145 Å². The van der Waals surface area contributed by atoms with Gasteiger partial charge >= 0.3 is 0 Å². The third-order valence-corrected chi connectivity index (χ3v) is 4.61. The second-order valence-electron chi connectivity index (χ2n) is 6.06. The van der Waals surface area contributed by atoms with Crippen LogP contribution in [-0.4, -0.2) is 42.4 Å². The van der Waals surface area contributed by atoms with Crippen LogP contribution in [0.1, 0.15) is 19.3 Å². The maximum atomic E-state index is 13.9. The minimum atomic E-state index is -0.799. The van der Waals surface area contributed by atoms with Crippen LogP contribution in [0.5, 0.6) is 0 Å². The number of anilines is 1. The lowest BCUT2D eigenvalue weighted by Gasteiger charge is -2.26. The average molecular weight is 360 g/mol. The summed E-state index contributed by atoms with van der Waals surface area (Å²) in [5.74, 6) is -2.42. The van der Waals surface area contributed by atoms with Gasteiger partial charge in [-0.1, -0.05) is 0 Å². The number of benzene rings is 1. The number of amides is 2. The molecular formula is C16H20ClF2N3O2.